The van der Waals surface area contributed by atoms with Crippen molar-refractivity contribution >= 4 is 0 Å². The number of halogens is 3. The van der Waals surface area contributed by atoms with Crippen LogP contribution in [0.3, 0.4) is 0 Å². The van der Waals surface area contributed by atoms with E-state index in [1.54, 1.807) is 19.2 Å². The summed E-state index contributed by atoms with van der Waals surface area (Å²) in [6, 6.07) is 5.28. The highest BCUT2D eigenvalue weighted by Gasteiger charge is 2.42. The molecule has 1 aromatic rings. The van der Waals surface area contributed by atoms with Crippen LogP contribution in [0.5, 0.6) is 0 Å². The molecule has 1 atom stereocenters. The number of methoxy groups -OCH3 is 1. The maximum atomic E-state index is 12.6. The van der Waals surface area contributed by atoms with E-state index in [0.717, 1.165) is 43.4 Å². The van der Waals surface area contributed by atoms with E-state index in [4.69, 9.17) is 4.74 Å². The van der Waals surface area contributed by atoms with Gasteiger partial charge in [-0.15, -0.1) is 0 Å². The van der Waals surface area contributed by atoms with Crippen molar-refractivity contribution in [3.05, 3.63) is 35.4 Å². The zero-order valence-corrected chi connectivity index (χ0v) is 11.8. The van der Waals surface area contributed by atoms with Gasteiger partial charge in [-0.25, -0.2) is 0 Å². The standard InChI is InChI=1S/C15H20F3NO/c1-19-13(14(20-2)9-3-4-10-14)11-5-7-12(8-6-11)15(16,17)18/h5-8,13,19H,3-4,9-10H2,1-2H3. The summed E-state index contributed by atoms with van der Waals surface area (Å²) in [4.78, 5) is 0. The van der Waals surface area contributed by atoms with Crippen LogP contribution in [0.25, 0.3) is 0 Å². The maximum absolute atomic E-state index is 12.6. The minimum absolute atomic E-state index is 0.0858. The van der Waals surface area contributed by atoms with Crippen molar-refractivity contribution in [2.75, 3.05) is 14.2 Å². The molecule has 1 aliphatic rings. The quantitative estimate of drug-likeness (QED) is 0.906. The van der Waals surface area contributed by atoms with Crippen LogP contribution in [0.4, 0.5) is 13.2 Å². The Balaban J connectivity index is 2.28. The molecule has 0 aliphatic heterocycles. The zero-order chi connectivity index (χ0) is 14.8. The molecule has 1 aromatic carbocycles. The second-order valence-electron chi connectivity index (χ2n) is 5.32. The Morgan fingerprint density at radius 3 is 2.10 bits per heavy atom. The fourth-order valence-corrected chi connectivity index (χ4v) is 3.18. The highest BCUT2D eigenvalue weighted by Crippen LogP contribution is 2.42. The van der Waals surface area contributed by atoms with E-state index >= 15 is 0 Å². The van der Waals surface area contributed by atoms with Crippen LogP contribution < -0.4 is 5.32 Å². The Labute approximate surface area is 117 Å². The molecule has 0 amide bonds. The summed E-state index contributed by atoms with van der Waals surface area (Å²) in [5, 5.41) is 3.20. The van der Waals surface area contributed by atoms with Crippen molar-refractivity contribution in [3.8, 4) is 0 Å². The number of rotatable bonds is 4. The first-order valence-corrected chi connectivity index (χ1v) is 6.82. The number of likely N-dealkylation sites (N-methyl/N-ethyl adjacent to an activating group) is 1. The first kappa shape index (κ1) is 15.3. The predicted octanol–water partition coefficient (Wildman–Crippen LogP) is 3.93. The number of hydrogen-bond donors (Lipinski definition) is 1. The van der Waals surface area contributed by atoms with E-state index in [1.807, 2.05) is 7.05 Å². The molecule has 1 fully saturated rings. The molecule has 112 valence electrons. The van der Waals surface area contributed by atoms with Crippen LogP contribution in [0, 0.1) is 0 Å². The number of ether oxygens (including phenoxy) is 1. The second kappa shape index (κ2) is 5.74. The van der Waals surface area contributed by atoms with Crippen LogP contribution in [-0.2, 0) is 10.9 Å². The van der Waals surface area contributed by atoms with Crippen LogP contribution in [0.15, 0.2) is 24.3 Å². The van der Waals surface area contributed by atoms with Crippen LogP contribution in [-0.4, -0.2) is 19.8 Å². The Hall–Kier alpha value is -1.07. The highest BCUT2D eigenvalue weighted by atomic mass is 19.4. The predicted molar refractivity (Wildman–Crippen MR) is 71.5 cm³/mol. The first-order valence-electron chi connectivity index (χ1n) is 6.82. The molecule has 1 aliphatic carbocycles. The Bertz CT molecular complexity index is 435. The van der Waals surface area contributed by atoms with Gasteiger partial charge >= 0.3 is 6.18 Å². The summed E-state index contributed by atoms with van der Waals surface area (Å²) in [5.74, 6) is 0. The molecule has 0 heterocycles. The van der Waals surface area contributed by atoms with E-state index in [2.05, 4.69) is 5.32 Å². The van der Waals surface area contributed by atoms with Gasteiger partial charge in [0.15, 0.2) is 0 Å². The minimum atomic E-state index is -4.29. The third-order valence-corrected chi connectivity index (χ3v) is 4.24. The average molecular weight is 287 g/mol. The van der Waals surface area contributed by atoms with E-state index < -0.39 is 11.7 Å². The van der Waals surface area contributed by atoms with Crippen molar-refractivity contribution in [3.63, 3.8) is 0 Å². The van der Waals surface area contributed by atoms with Gasteiger partial charge in [0.05, 0.1) is 17.2 Å². The summed E-state index contributed by atoms with van der Waals surface area (Å²) in [5.41, 5.74) is -0.0904. The lowest BCUT2D eigenvalue weighted by Gasteiger charge is -2.36. The van der Waals surface area contributed by atoms with E-state index in [0.29, 0.717) is 0 Å². The van der Waals surface area contributed by atoms with Gasteiger partial charge in [0.1, 0.15) is 0 Å². The third-order valence-electron chi connectivity index (χ3n) is 4.24. The molecule has 1 N–H and O–H groups in total. The monoisotopic (exact) mass is 287 g/mol. The largest absolute Gasteiger partial charge is 0.416 e. The molecule has 0 aromatic heterocycles. The van der Waals surface area contributed by atoms with Crippen molar-refractivity contribution in [1.82, 2.24) is 5.32 Å². The van der Waals surface area contributed by atoms with Gasteiger partial charge in [-0.1, -0.05) is 25.0 Å². The van der Waals surface area contributed by atoms with Crippen LogP contribution in [0.2, 0.25) is 0 Å². The van der Waals surface area contributed by atoms with Gasteiger partial charge in [0, 0.05) is 7.11 Å². The van der Waals surface area contributed by atoms with E-state index in [1.165, 1.54) is 0 Å². The fraction of sp³-hybridized carbons (Fsp3) is 0.600. The van der Waals surface area contributed by atoms with Gasteiger partial charge in [0.25, 0.3) is 0 Å². The van der Waals surface area contributed by atoms with Gasteiger partial charge in [-0.05, 0) is 37.6 Å². The lowest BCUT2D eigenvalue weighted by Crippen LogP contribution is -2.42. The maximum Gasteiger partial charge on any atom is 0.416 e. The lowest BCUT2D eigenvalue weighted by atomic mass is 9.86. The summed E-state index contributed by atoms with van der Waals surface area (Å²) in [6.07, 6.45) is -0.259. The molecule has 0 radical (unpaired) electrons. The first-order chi connectivity index (χ1) is 9.43. The van der Waals surface area contributed by atoms with Crippen molar-refractivity contribution < 1.29 is 17.9 Å². The lowest BCUT2D eigenvalue weighted by molar-refractivity contribution is -0.137. The molecule has 0 spiro atoms. The number of benzene rings is 1. The molecule has 20 heavy (non-hydrogen) atoms. The van der Waals surface area contributed by atoms with Crippen LogP contribution in [0.1, 0.15) is 42.9 Å². The third kappa shape index (κ3) is 2.83. The summed E-state index contributed by atoms with van der Waals surface area (Å²) in [7, 11) is 3.50. The molecule has 2 rings (SSSR count). The van der Waals surface area contributed by atoms with Gasteiger partial charge < -0.3 is 10.1 Å². The van der Waals surface area contributed by atoms with Crippen LogP contribution >= 0.6 is 0 Å². The molecular weight excluding hydrogens is 267 g/mol. The molecule has 0 bridgehead atoms. The molecule has 1 saturated carbocycles. The average Bonchev–Trinajstić information content (AvgIpc) is 2.89. The van der Waals surface area contributed by atoms with Crippen molar-refractivity contribution in [2.45, 2.75) is 43.5 Å². The summed E-state index contributed by atoms with van der Waals surface area (Å²) < 4.78 is 43.5. The van der Waals surface area contributed by atoms with Crippen molar-refractivity contribution in [2.24, 2.45) is 0 Å². The van der Waals surface area contributed by atoms with E-state index in [9.17, 15) is 13.2 Å². The Morgan fingerprint density at radius 2 is 1.70 bits per heavy atom. The normalized spacial score (nSPS) is 20.1. The number of hydrogen-bond acceptors (Lipinski definition) is 2. The Kier molecular flexibility index (Phi) is 4.39. The molecular formula is C15H20F3NO. The SMILES string of the molecule is CNC(c1ccc(C(F)(F)F)cc1)C1(OC)CCCC1. The fourth-order valence-electron chi connectivity index (χ4n) is 3.18. The van der Waals surface area contributed by atoms with Gasteiger partial charge in [-0.2, -0.15) is 13.2 Å². The molecule has 2 nitrogen and oxygen atoms in total. The second-order valence-corrected chi connectivity index (χ2v) is 5.32. The van der Waals surface area contributed by atoms with Gasteiger partial charge in [-0.3, -0.25) is 0 Å². The molecule has 0 saturated heterocycles. The Morgan fingerprint density at radius 1 is 1.15 bits per heavy atom. The topological polar surface area (TPSA) is 21.3 Å². The van der Waals surface area contributed by atoms with Crippen molar-refractivity contribution in [1.29, 1.82) is 0 Å². The summed E-state index contributed by atoms with van der Waals surface area (Å²) in [6.45, 7) is 0. The molecule has 1 unspecified atom stereocenters. The number of nitrogens with one attached hydrogen (secondary N) is 1. The minimum Gasteiger partial charge on any atom is -0.376 e. The smallest absolute Gasteiger partial charge is 0.376 e. The zero-order valence-electron chi connectivity index (χ0n) is 11.8. The highest BCUT2D eigenvalue weighted by molar-refractivity contribution is 5.29. The molecule has 5 heteroatoms. The van der Waals surface area contributed by atoms with Gasteiger partial charge in [0.2, 0.25) is 0 Å². The van der Waals surface area contributed by atoms with E-state index in [-0.39, 0.29) is 11.6 Å². The number of alkyl halides is 3. The summed E-state index contributed by atoms with van der Waals surface area (Å²) >= 11 is 0.